The maximum Gasteiger partial charge on any atom is 0.199 e. The van der Waals surface area contributed by atoms with E-state index in [1.165, 1.54) is 0 Å². The van der Waals surface area contributed by atoms with Crippen LogP contribution in [0.2, 0.25) is 0 Å². The number of ketones is 1. The van der Waals surface area contributed by atoms with Gasteiger partial charge in [0.1, 0.15) is 5.60 Å². The van der Waals surface area contributed by atoms with Crippen LogP contribution >= 0.6 is 22.6 Å². The lowest BCUT2D eigenvalue weighted by atomic mass is 9.77. The number of Topliss-reactive ketones (excluding diaryl/α,β-unsaturated/α-hetero) is 1. The summed E-state index contributed by atoms with van der Waals surface area (Å²) in [4.78, 5) is 11.9. The molecule has 0 radical (unpaired) electrons. The van der Waals surface area contributed by atoms with Gasteiger partial charge in [-0.3, -0.25) is 4.79 Å². The van der Waals surface area contributed by atoms with Crippen molar-refractivity contribution in [1.82, 2.24) is 0 Å². The predicted molar refractivity (Wildman–Crippen MR) is 87.4 cm³/mol. The number of aliphatic hydroxyl groups is 1. The second kappa shape index (κ2) is 7.18. The summed E-state index contributed by atoms with van der Waals surface area (Å²) in [7, 11) is 0. The number of aliphatic hydroxyl groups excluding tert-OH is 1. The number of carbonyl (C=O) groups is 1. The second-order valence-corrected chi connectivity index (χ2v) is 7.86. The van der Waals surface area contributed by atoms with Crippen LogP contribution in [0.15, 0.2) is 10.2 Å². The Morgan fingerprint density at radius 2 is 1.79 bits per heavy atom. The largest absolute Gasteiger partial charge is 0.391 e. The molecule has 1 unspecified atom stereocenters. The maximum absolute atomic E-state index is 11.9. The third kappa shape index (κ3) is 6.36. The molecule has 0 bridgehead atoms. The molecule has 0 aromatic heterocycles. The Labute approximate surface area is 130 Å². The van der Waals surface area contributed by atoms with Crippen molar-refractivity contribution in [3.63, 3.8) is 0 Å². The maximum atomic E-state index is 11.9. The van der Waals surface area contributed by atoms with Crippen molar-refractivity contribution in [2.45, 2.75) is 59.7 Å². The van der Waals surface area contributed by atoms with E-state index >= 15 is 0 Å². The Balaban J connectivity index is 4.42. The fourth-order valence-corrected chi connectivity index (χ4v) is 2.25. The van der Waals surface area contributed by atoms with Crippen molar-refractivity contribution in [2.24, 2.45) is 11.3 Å². The van der Waals surface area contributed by atoms with E-state index in [-0.39, 0.29) is 17.8 Å². The first kappa shape index (κ1) is 19.1. The lowest BCUT2D eigenvalue weighted by molar-refractivity contribution is -0.139. The molecule has 0 aromatic carbocycles. The van der Waals surface area contributed by atoms with E-state index in [4.69, 9.17) is 4.74 Å². The molecule has 0 aliphatic heterocycles. The van der Waals surface area contributed by atoms with E-state index in [1.54, 1.807) is 13.8 Å². The van der Waals surface area contributed by atoms with E-state index in [2.05, 4.69) is 34.3 Å². The molecule has 0 heterocycles. The molecule has 1 atom stereocenters. The minimum absolute atomic E-state index is 0.0454. The van der Waals surface area contributed by atoms with Gasteiger partial charge >= 0.3 is 0 Å². The number of halogens is 1. The average molecular weight is 382 g/mol. The van der Waals surface area contributed by atoms with Gasteiger partial charge < -0.3 is 9.84 Å². The smallest absolute Gasteiger partial charge is 0.199 e. The minimum Gasteiger partial charge on any atom is -0.391 e. The Morgan fingerprint density at radius 1 is 1.32 bits per heavy atom. The van der Waals surface area contributed by atoms with Crippen molar-refractivity contribution in [3.05, 3.63) is 10.2 Å². The van der Waals surface area contributed by atoms with E-state index in [1.807, 2.05) is 22.6 Å². The molecule has 19 heavy (non-hydrogen) atoms. The molecule has 3 nitrogen and oxygen atoms in total. The molecule has 0 aliphatic rings. The summed E-state index contributed by atoms with van der Waals surface area (Å²) in [5, 5.41) is 10.1. The van der Waals surface area contributed by atoms with Crippen molar-refractivity contribution in [1.29, 1.82) is 0 Å². The molecule has 1 N–H and O–H groups in total. The zero-order valence-corrected chi connectivity index (χ0v) is 15.1. The zero-order chi connectivity index (χ0) is 15.4. The molecule has 112 valence electrons. The summed E-state index contributed by atoms with van der Waals surface area (Å²) < 4.78 is 6.02. The van der Waals surface area contributed by atoms with E-state index in [9.17, 15) is 9.90 Å². The zero-order valence-electron chi connectivity index (χ0n) is 12.9. The molecule has 0 saturated carbocycles. The number of rotatable bonds is 8. The number of ether oxygens (including phenoxy) is 1. The highest BCUT2D eigenvalue weighted by Gasteiger charge is 2.32. The summed E-state index contributed by atoms with van der Waals surface area (Å²) in [6.07, 6.45) is 0.0899. The summed E-state index contributed by atoms with van der Waals surface area (Å²) in [5.41, 5.74) is -0.884. The van der Waals surface area contributed by atoms with Crippen LogP contribution in [0.1, 0.15) is 48.0 Å². The van der Waals surface area contributed by atoms with E-state index in [0.717, 1.165) is 0 Å². The SMILES string of the molecule is C=C(I)C(=O)C(C)(C)OCC(O)CC(C)(C)C(C)C. The van der Waals surface area contributed by atoms with E-state index in [0.29, 0.717) is 15.9 Å². The summed E-state index contributed by atoms with van der Waals surface area (Å²) >= 11 is 1.90. The van der Waals surface area contributed by atoms with Crippen LogP contribution in [-0.2, 0) is 9.53 Å². The molecule has 0 saturated heterocycles. The molecular weight excluding hydrogens is 355 g/mol. The molecule has 0 rings (SSSR count). The lowest BCUT2D eigenvalue weighted by Crippen LogP contribution is -2.38. The molecule has 0 fully saturated rings. The highest BCUT2D eigenvalue weighted by Crippen LogP contribution is 2.31. The highest BCUT2D eigenvalue weighted by atomic mass is 127. The van der Waals surface area contributed by atoms with Gasteiger partial charge in [-0.05, 0) is 54.2 Å². The Hall–Kier alpha value is 0.0600. The molecule has 0 amide bonds. The average Bonchev–Trinajstić information content (AvgIpc) is 2.24. The van der Waals surface area contributed by atoms with Gasteiger partial charge in [0.2, 0.25) is 0 Å². The highest BCUT2D eigenvalue weighted by molar-refractivity contribution is 14.1. The standard InChI is InChI=1S/C15H27IO3/c1-10(2)14(4,5)8-12(17)9-19-15(6,7)13(18)11(3)16/h10,12,17H,3,8-9H2,1-2,4-7H3. The van der Waals surface area contributed by atoms with Gasteiger partial charge in [0.25, 0.3) is 0 Å². The molecule has 4 heteroatoms. The van der Waals surface area contributed by atoms with Crippen LogP contribution in [-0.4, -0.2) is 29.2 Å². The second-order valence-electron chi connectivity index (χ2n) is 6.56. The fourth-order valence-electron chi connectivity index (χ4n) is 1.60. The quantitative estimate of drug-likeness (QED) is 0.514. The third-order valence-corrected chi connectivity index (χ3v) is 4.24. The fraction of sp³-hybridized carbons (Fsp3) is 0.800. The van der Waals surface area contributed by atoms with Crippen LogP contribution in [0.4, 0.5) is 0 Å². The van der Waals surface area contributed by atoms with Gasteiger partial charge in [-0.1, -0.05) is 34.3 Å². The van der Waals surface area contributed by atoms with Gasteiger partial charge in [0.05, 0.1) is 16.3 Å². The molecular formula is C15H27IO3. The summed E-state index contributed by atoms with van der Waals surface area (Å²) in [5.74, 6) is 0.342. The summed E-state index contributed by atoms with van der Waals surface area (Å²) in [6, 6.07) is 0. The first-order valence-corrected chi connectivity index (χ1v) is 7.69. The molecule has 0 aliphatic carbocycles. The lowest BCUT2D eigenvalue weighted by Gasteiger charge is -2.32. The van der Waals surface area contributed by atoms with Crippen LogP contribution in [0.25, 0.3) is 0 Å². The van der Waals surface area contributed by atoms with E-state index < -0.39 is 11.7 Å². The first-order valence-electron chi connectivity index (χ1n) is 6.61. The third-order valence-electron chi connectivity index (χ3n) is 3.75. The van der Waals surface area contributed by atoms with Crippen LogP contribution in [0.5, 0.6) is 0 Å². The number of carbonyl (C=O) groups excluding carboxylic acids is 1. The topological polar surface area (TPSA) is 46.5 Å². The van der Waals surface area contributed by atoms with Crippen LogP contribution < -0.4 is 0 Å². The van der Waals surface area contributed by atoms with Gasteiger partial charge in [0.15, 0.2) is 5.78 Å². The minimum atomic E-state index is -0.929. The van der Waals surface area contributed by atoms with Crippen molar-refractivity contribution in [2.75, 3.05) is 6.61 Å². The monoisotopic (exact) mass is 382 g/mol. The molecule has 0 aromatic rings. The Bertz CT molecular complexity index is 332. The Kier molecular flexibility index (Phi) is 7.20. The normalized spacial score (nSPS) is 14.6. The van der Waals surface area contributed by atoms with Crippen LogP contribution in [0.3, 0.4) is 0 Å². The first-order chi connectivity index (χ1) is 8.40. The van der Waals surface area contributed by atoms with Crippen molar-refractivity contribution >= 4 is 28.4 Å². The van der Waals surface area contributed by atoms with Gasteiger partial charge in [0, 0.05) is 0 Å². The molecule has 0 spiro atoms. The van der Waals surface area contributed by atoms with Crippen molar-refractivity contribution < 1.29 is 14.6 Å². The van der Waals surface area contributed by atoms with Gasteiger partial charge in [-0.15, -0.1) is 0 Å². The van der Waals surface area contributed by atoms with Gasteiger partial charge in [-0.25, -0.2) is 0 Å². The van der Waals surface area contributed by atoms with Gasteiger partial charge in [-0.2, -0.15) is 0 Å². The Morgan fingerprint density at radius 3 is 2.16 bits per heavy atom. The predicted octanol–water partition coefficient (Wildman–Crippen LogP) is 3.73. The number of hydrogen-bond acceptors (Lipinski definition) is 3. The summed E-state index contributed by atoms with van der Waals surface area (Å²) in [6.45, 7) is 15.7. The van der Waals surface area contributed by atoms with Crippen LogP contribution in [0, 0.1) is 11.3 Å². The van der Waals surface area contributed by atoms with Crippen molar-refractivity contribution in [3.8, 4) is 0 Å². The number of hydrogen-bond donors (Lipinski definition) is 1.